The van der Waals surface area contributed by atoms with Crippen molar-refractivity contribution in [1.82, 2.24) is 14.9 Å². The van der Waals surface area contributed by atoms with Crippen molar-refractivity contribution >= 4 is 0 Å². The van der Waals surface area contributed by atoms with Gasteiger partial charge in [0, 0.05) is 31.0 Å². The minimum absolute atomic E-state index is 0.547. The number of rotatable bonds is 4. The van der Waals surface area contributed by atoms with Gasteiger partial charge in [0.1, 0.15) is 5.82 Å². The Kier molecular flexibility index (Phi) is 3.38. The maximum Gasteiger partial charge on any atom is 0.139 e. The van der Waals surface area contributed by atoms with Crippen LogP contribution in [0.2, 0.25) is 0 Å². The van der Waals surface area contributed by atoms with Crippen LogP contribution >= 0.6 is 0 Å². The first-order chi connectivity index (χ1) is 9.29. The average Bonchev–Trinajstić information content (AvgIpc) is 3.02. The van der Waals surface area contributed by atoms with E-state index in [9.17, 15) is 0 Å². The highest BCUT2D eigenvalue weighted by atomic mass is 15.0. The molecule has 0 aliphatic heterocycles. The molecule has 0 saturated carbocycles. The molecule has 0 saturated heterocycles. The maximum absolute atomic E-state index is 4.43. The molecule has 0 amide bonds. The molecule has 3 nitrogen and oxygen atoms in total. The number of aromatic nitrogens is 2. The van der Waals surface area contributed by atoms with Crippen molar-refractivity contribution in [2.24, 2.45) is 7.05 Å². The van der Waals surface area contributed by atoms with E-state index in [2.05, 4.69) is 40.0 Å². The number of nitrogens with zero attached hydrogens (tertiary/aromatic N) is 2. The molecule has 19 heavy (non-hydrogen) atoms. The summed E-state index contributed by atoms with van der Waals surface area (Å²) in [5, 5.41) is 3.63. The summed E-state index contributed by atoms with van der Waals surface area (Å²) in [5.41, 5.74) is 4.18. The van der Waals surface area contributed by atoms with Gasteiger partial charge < -0.3 is 9.88 Å². The molecule has 1 heterocycles. The summed E-state index contributed by atoms with van der Waals surface area (Å²) in [5.74, 6) is 1.05. The minimum atomic E-state index is 0.547. The molecule has 0 radical (unpaired) electrons. The first-order valence-corrected chi connectivity index (χ1v) is 7.13. The summed E-state index contributed by atoms with van der Waals surface area (Å²) < 4.78 is 2.07. The second-order valence-electron chi connectivity index (χ2n) is 5.32. The van der Waals surface area contributed by atoms with Gasteiger partial charge in [-0.2, -0.15) is 0 Å². The average molecular weight is 255 g/mol. The highest BCUT2D eigenvalue weighted by Crippen LogP contribution is 2.33. The van der Waals surface area contributed by atoms with Gasteiger partial charge >= 0.3 is 0 Å². The van der Waals surface area contributed by atoms with E-state index in [1.165, 1.54) is 36.0 Å². The van der Waals surface area contributed by atoms with E-state index in [0.29, 0.717) is 6.04 Å². The Balaban J connectivity index is 1.88. The van der Waals surface area contributed by atoms with Crippen LogP contribution in [0, 0.1) is 0 Å². The number of fused-ring (bicyclic) bond motifs is 1. The van der Waals surface area contributed by atoms with Crippen LogP contribution < -0.4 is 5.32 Å². The predicted octanol–water partition coefficient (Wildman–Crippen LogP) is 3.07. The third-order valence-corrected chi connectivity index (χ3v) is 3.94. The van der Waals surface area contributed by atoms with Crippen LogP contribution in [-0.4, -0.2) is 16.1 Å². The van der Waals surface area contributed by atoms with Crippen LogP contribution in [0.4, 0.5) is 0 Å². The molecule has 0 fully saturated rings. The van der Waals surface area contributed by atoms with E-state index in [1.54, 1.807) is 0 Å². The summed E-state index contributed by atoms with van der Waals surface area (Å²) >= 11 is 0. The van der Waals surface area contributed by atoms with Gasteiger partial charge in [0.05, 0.1) is 0 Å². The van der Waals surface area contributed by atoms with E-state index in [0.717, 1.165) is 12.4 Å². The van der Waals surface area contributed by atoms with Gasteiger partial charge in [0.25, 0.3) is 0 Å². The third kappa shape index (κ3) is 2.30. The molecular formula is C16H21N3. The zero-order valence-electron chi connectivity index (χ0n) is 11.7. The Morgan fingerprint density at radius 2 is 2.32 bits per heavy atom. The van der Waals surface area contributed by atoms with Crippen LogP contribution in [0.15, 0.2) is 30.6 Å². The summed E-state index contributed by atoms with van der Waals surface area (Å²) in [4.78, 5) is 4.43. The first-order valence-electron chi connectivity index (χ1n) is 7.13. The Labute approximate surface area is 114 Å². The fourth-order valence-corrected chi connectivity index (χ4v) is 2.93. The Morgan fingerprint density at radius 1 is 1.42 bits per heavy atom. The van der Waals surface area contributed by atoms with Gasteiger partial charge in [-0.3, -0.25) is 0 Å². The fourth-order valence-electron chi connectivity index (χ4n) is 2.93. The number of hydrogen-bond donors (Lipinski definition) is 1. The SMILES string of the molecule is CCCNC1CCc2cc(-c3nccn3C)ccc21. The van der Waals surface area contributed by atoms with E-state index in [4.69, 9.17) is 0 Å². The fraction of sp³-hybridized carbons (Fsp3) is 0.438. The van der Waals surface area contributed by atoms with Gasteiger partial charge in [-0.25, -0.2) is 4.98 Å². The zero-order valence-corrected chi connectivity index (χ0v) is 11.7. The number of benzene rings is 1. The molecule has 100 valence electrons. The number of aryl methyl sites for hydroxylation is 2. The van der Waals surface area contributed by atoms with Crippen LogP contribution in [0.25, 0.3) is 11.4 Å². The Bertz CT molecular complexity index is 571. The first kappa shape index (κ1) is 12.4. The van der Waals surface area contributed by atoms with E-state index in [1.807, 2.05) is 19.4 Å². The topological polar surface area (TPSA) is 29.9 Å². The van der Waals surface area contributed by atoms with Crippen molar-refractivity contribution in [1.29, 1.82) is 0 Å². The molecule has 3 heteroatoms. The lowest BCUT2D eigenvalue weighted by molar-refractivity contribution is 0.529. The Morgan fingerprint density at radius 3 is 3.05 bits per heavy atom. The second kappa shape index (κ2) is 5.17. The third-order valence-electron chi connectivity index (χ3n) is 3.94. The van der Waals surface area contributed by atoms with Crippen molar-refractivity contribution < 1.29 is 0 Å². The highest BCUT2D eigenvalue weighted by Gasteiger charge is 2.22. The van der Waals surface area contributed by atoms with Crippen molar-refractivity contribution in [2.45, 2.75) is 32.2 Å². The van der Waals surface area contributed by atoms with Gasteiger partial charge in [0.15, 0.2) is 0 Å². The molecule has 1 N–H and O–H groups in total. The summed E-state index contributed by atoms with van der Waals surface area (Å²) in [6, 6.07) is 7.34. The van der Waals surface area contributed by atoms with E-state index in [-0.39, 0.29) is 0 Å². The summed E-state index contributed by atoms with van der Waals surface area (Å²) in [6.07, 6.45) is 7.44. The molecule has 0 bridgehead atoms. The predicted molar refractivity (Wildman–Crippen MR) is 78.0 cm³/mol. The molecule has 1 aromatic heterocycles. The van der Waals surface area contributed by atoms with Crippen LogP contribution in [0.5, 0.6) is 0 Å². The molecular weight excluding hydrogens is 234 g/mol. The Hall–Kier alpha value is -1.61. The minimum Gasteiger partial charge on any atom is -0.334 e. The van der Waals surface area contributed by atoms with E-state index < -0.39 is 0 Å². The number of nitrogens with one attached hydrogen (secondary N) is 1. The van der Waals surface area contributed by atoms with Crippen molar-refractivity contribution in [3.05, 3.63) is 41.7 Å². The number of hydrogen-bond acceptors (Lipinski definition) is 2. The largest absolute Gasteiger partial charge is 0.334 e. The molecule has 1 aromatic carbocycles. The smallest absolute Gasteiger partial charge is 0.139 e. The number of imidazole rings is 1. The molecule has 1 aliphatic carbocycles. The van der Waals surface area contributed by atoms with Crippen molar-refractivity contribution in [3.63, 3.8) is 0 Å². The quantitative estimate of drug-likeness (QED) is 0.910. The summed E-state index contributed by atoms with van der Waals surface area (Å²) in [7, 11) is 2.04. The van der Waals surface area contributed by atoms with Gasteiger partial charge in [-0.15, -0.1) is 0 Å². The van der Waals surface area contributed by atoms with Crippen LogP contribution in [0.1, 0.15) is 36.9 Å². The molecule has 3 rings (SSSR count). The molecule has 1 atom stereocenters. The van der Waals surface area contributed by atoms with Crippen LogP contribution in [0.3, 0.4) is 0 Å². The van der Waals surface area contributed by atoms with Crippen molar-refractivity contribution in [3.8, 4) is 11.4 Å². The van der Waals surface area contributed by atoms with Crippen molar-refractivity contribution in [2.75, 3.05) is 6.54 Å². The molecule has 0 spiro atoms. The standard InChI is InChI=1S/C16H21N3/c1-3-8-17-15-7-5-12-11-13(4-6-14(12)15)16-18-9-10-19(16)2/h4,6,9-11,15,17H,3,5,7-8H2,1-2H3. The lowest BCUT2D eigenvalue weighted by atomic mass is 10.0. The lowest BCUT2D eigenvalue weighted by Gasteiger charge is -2.13. The van der Waals surface area contributed by atoms with Gasteiger partial charge in [-0.1, -0.05) is 19.1 Å². The van der Waals surface area contributed by atoms with Gasteiger partial charge in [-0.05, 0) is 43.0 Å². The van der Waals surface area contributed by atoms with E-state index >= 15 is 0 Å². The monoisotopic (exact) mass is 255 g/mol. The lowest BCUT2D eigenvalue weighted by Crippen LogP contribution is -2.19. The molecule has 2 aromatic rings. The zero-order chi connectivity index (χ0) is 13.2. The highest BCUT2D eigenvalue weighted by molar-refractivity contribution is 5.59. The van der Waals surface area contributed by atoms with Gasteiger partial charge in [0.2, 0.25) is 0 Å². The molecule has 1 aliphatic rings. The summed E-state index contributed by atoms with van der Waals surface area (Å²) in [6.45, 7) is 3.32. The van der Waals surface area contributed by atoms with Crippen LogP contribution in [-0.2, 0) is 13.5 Å². The molecule has 1 unspecified atom stereocenters. The normalized spacial score (nSPS) is 17.7. The second-order valence-corrected chi connectivity index (χ2v) is 5.32. The maximum atomic E-state index is 4.43.